The highest BCUT2D eigenvalue weighted by molar-refractivity contribution is 5.44. The number of anilines is 1. The minimum atomic E-state index is -4.75. The highest BCUT2D eigenvalue weighted by Crippen LogP contribution is 2.26. The molecule has 0 atom stereocenters. The van der Waals surface area contributed by atoms with Crippen molar-refractivity contribution in [2.45, 2.75) is 19.5 Å². The van der Waals surface area contributed by atoms with E-state index in [1.807, 2.05) is 53.4 Å². The number of aromatic nitrogens is 1. The molecule has 0 bridgehead atoms. The van der Waals surface area contributed by atoms with Gasteiger partial charge in [-0.05, 0) is 47.5 Å². The van der Waals surface area contributed by atoms with Crippen molar-refractivity contribution in [3.05, 3.63) is 78.0 Å². The number of hydrogen-bond acceptors (Lipinski definition) is 5. The second-order valence-corrected chi connectivity index (χ2v) is 6.45. The topological polar surface area (TPSA) is 43.8 Å². The fourth-order valence-corrected chi connectivity index (χ4v) is 2.87. The van der Waals surface area contributed by atoms with Crippen molar-refractivity contribution >= 4 is 5.82 Å². The summed E-state index contributed by atoms with van der Waals surface area (Å²) in [5.41, 5.74) is 2.00. The first kappa shape index (κ1) is 21.3. The van der Waals surface area contributed by atoms with E-state index >= 15 is 0 Å². The van der Waals surface area contributed by atoms with Crippen LogP contribution in [0.4, 0.5) is 19.0 Å². The smallest absolute Gasteiger partial charge is 0.497 e. The van der Waals surface area contributed by atoms with Gasteiger partial charge in [-0.2, -0.15) is 0 Å². The Balaban J connectivity index is 1.83. The average Bonchev–Trinajstić information content (AvgIpc) is 2.74. The molecule has 2 aromatic carbocycles. The third-order valence-electron chi connectivity index (χ3n) is 4.34. The largest absolute Gasteiger partial charge is 0.573 e. The van der Waals surface area contributed by atoms with Crippen LogP contribution >= 0.6 is 0 Å². The fourth-order valence-electron chi connectivity index (χ4n) is 2.87. The molecule has 0 radical (unpaired) electrons. The summed E-state index contributed by atoms with van der Waals surface area (Å²) in [6, 6.07) is 17.9. The molecule has 0 aliphatic heterocycles. The second-order valence-electron chi connectivity index (χ2n) is 6.45. The summed E-state index contributed by atoms with van der Waals surface area (Å²) >= 11 is 0. The van der Waals surface area contributed by atoms with Crippen molar-refractivity contribution in [1.29, 1.82) is 0 Å². The Bertz CT molecular complexity index is 878. The van der Waals surface area contributed by atoms with Crippen LogP contribution in [0.5, 0.6) is 17.2 Å². The zero-order chi connectivity index (χ0) is 21.6. The van der Waals surface area contributed by atoms with E-state index in [4.69, 9.17) is 9.47 Å². The Morgan fingerprint density at radius 3 is 1.57 bits per heavy atom. The zero-order valence-corrected chi connectivity index (χ0v) is 16.5. The molecule has 5 nitrogen and oxygen atoms in total. The Labute approximate surface area is 172 Å². The molecule has 0 fully saturated rings. The van der Waals surface area contributed by atoms with Crippen LogP contribution in [0.2, 0.25) is 0 Å². The van der Waals surface area contributed by atoms with Gasteiger partial charge in [-0.1, -0.05) is 24.3 Å². The average molecular weight is 418 g/mol. The van der Waals surface area contributed by atoms with Crippen LogP contribution < -0.4 is 19.1 Å². The Hall–Kier alpha value is -3.42. The quantitative estimate of drug-likeness (QED) is 0.503. The molecule has 0 aliphatic carbocycles. The number of rotatable bonds is 8. The summed E-state index contributed by atoms with van der Waals surface area (Å²) < 4.78 is 51.5. The van der Waals surface area contributed by atoms with E-state index in [2.05, 4.69) is 9.72 Å². The minimum Gasteiger partial charge on any atom is -0.497 e. The van der Waals surface area contributed by atoms with Crippen LogP contribution in [0.15, 0.2) is 66.9 Å². The lowest BCUT2D eigenvalue weighted by Crippen LogP contribution is -2.23. The summed E-state index contributed by atoms with van der Waals surface area (Å²) in [4.78, 5) is 6.13. The number of pyridine rings is 1. The van der Waals surface area contributed by atoms with Crippen LogP contribution in [0.3, 0.4) is 0 Å². The summed E-state index contributed by atoms with van der Waals surface area (Å²) in [6.07, 6.45) is -3.69. The van der Waals surface area contributed by atoms with Gasteiger partial charge in [0.15, 0.2) is 0 Å². The van der Waals surface area contributed by atoms with Crippen LogP contribution in [0.25, 0.3) is 0 Å². The maximum Gasteiger partial charge on any atom is 0.573 e. The first-order valence-electron chi connectivity index (χ1n) is 9.09. The molecule has 0 unspecified atom stereocenters. The van der Waals surface area contributed by atoms with Gasteiger partial charge in [0.1, 0.15) is 23.1 Å². The molecule has 0 aliphatic rings. The highest BCUT2D eigenvalue weighted by atomic mass is 19.4. The molecular weight excluding hydrogens is 397 g/mol. The normalized spacial score (nSPS) is 11.1. The number of benzene rings is 2. The van der Waals surface area contributed by atoms with Crippen LogP contribution in [-0.2, 0) is 13.1 Å². The van der Waals surface area contributed by atoms with Gasteiger partial charge in [-0.15, -0.1) is 13.2 Å². The summed E-state index contributed by atoms with van der Waals surface area (Å²) in [5, 5.41) is 0. The molecule has 8 heteroatoms. The predicted octanol–water partition coefficient (Wildman–Crippen LogP) is 5.20. The van der Waals surface area contributed by atoms with Crippen LogP contribution in [0, 0.1) is 0 Å². The lowest BCUT2D eigenvalue weighted by Gasteiger charge is -2.24. The maximum absolute atomic E-state index is 12.4. The molecule has 3 rings (SSSR count). The van der Waals surface area contributed by atoms with Gasteiger partial charge < -0.3 is 19.1 Å². The number of alkyl halides is 3. The Kier molecular flexibility index (Phi) is 6.66. The van der Waals surface area contributed by atoms with E-state index in [-0.39, 0.29) is 5.75 Å². The molecule has 0 N–H and O–H groups in total. The van der Waals surface area contributed by atoms with Gasteiger partial charge in [0.05, 0.1) is 20.4 Å². The second kappa shape index (κ2) is 9.39. The summed E-state index contributed by atoms with van der Waals surface area (Å²) in [6.45, 7) is 1.00. The molecule has 1 aromatic heterocycles. The van der Waals surface area contributed by atoms with Gasteiger partial charge in [0.25, 0.3) is 0 Å². The summed E-state index contributed by atoms with van der Waals surface area (Å²) in [7, 11) is 3.19. The highest BCUT2D eigenvalue weighted by Gasteiger charge is 2.31. The van der Waals surface area contributed by atoms with Gasteiger partial charge in [0.2, 0.25) is 0 Å². The zero-order valence-electron chi connectivity index (χ0n) is 16.5. The third-order valence-corrected chi connectivity index (χ3v) is 4.34. The molecule has 0 saturated carbocycles. The van der Waals surface area contributed by atoms with Gasteiger partial charge in [0, 0.05) is 13.1 Å². The molecule has 158 valence electrons. The van der Waals surface area contributed by atoms with E-state index in [9.17, 15) is 13.2 Å². The lowest BCUT2D eigenvalue weighted by molar-refractivity contribution is -0.274. The standard InChI is InChI=1S/C22H21F3N2O3/c1-28-18-7-3-16(4-8-18)14-27(15-17-5-9-19(29-2)10-6-17)21-12-11-20(13-26-21)30-22(23,24)25/h3-13H,14-15H2,1-2H3. The Morgan fingerprint density at radius 2 is 1.20 bits per heavy atom. The first-order chi connectivity index (χ1) is 14.4. The monoisotopic (exact) mass is 418 g/mol. The van der Waals surface area contributed by atoms with Crippen LogP contribution in [-0.4, -0.2) is 25.6 Å². The van der Waals surface area contributed by atoms with Crippen molar-refractivity contribution in [3.8, 4) is 17.2 Å². The van der Waals surface area contributed by atoms with Crippen LogP contribution in [0.1, 0.15) is 11.1 Å². The molecule has 3 aromatic rings. The van der Waals surface area contributed by atoms with Crippen molar-refractivity contribution < 1.29 is 27.4 Å². The predicted molar refractivity (Wildman–Crippen MR) is 107 cm³/mol. The molecule has 1 heterocycles. The molecular formula is C22H21F3N2O3. The van der Waals surface area contributed by atoms with E-state index < -0.39 is 6.36 Å². The fraction of sp³-hybridized carbons (Fsp3) is 0.227. The third kappa shape index (κ3) is 6.04. The number of halogens is 3. The number of methoxy groups -OCH3 is 2. The van der Waals surface area contributed by atoms with E-state index in [0.29, 0.717) is 18.9 Å². The van der Waals surface area contributed by atoms with Crippen molar-refractivity contribution in [2.75, 3.05) is 19.1 Å². The number of nitrogens with zero attached hydrogens (tertiary/aromatic N) is 2. The van der Waals surface area contributed by atoms with E-state index in [0.717, 1.165) is 28.8 Å². The minimum absolute atomic E-state index is 0.361. The van der Waals surface area contributed by atoms with Gasteiger partial charge in [-0.25, -0.2) is 4.98 Å². The SMILES string of the molecule is COc1ccc(CN(Cc2ccc(OC)cc2)c2ccc(OC(F)(F)F)cn2)cc1. The van der Waals surface area contributed by atoms with Crippen molar-refractivity contribution in [1.82, 2.24) is 4.98 Å². The summed E-state index contributed by atoms with van der Waals surface area (Å²) in [5.74, 6) is 1.65. The van der Waals surface area contributed by atoms with Crippen molar-refractivity contribution in [3.63, 3.8) is 0 Å². The van der Waals surface area contributed by atoms with Crippen molar-refractivity contribution in [2.24, 2.45) is 0 Å². The Morgan fingerprint density at radius 1 is 0.733 bits per heavy atom. The number of hydrogen-bond donors (Lipinski definition) is 0. The molecule has 0 saturated heterocycles. The molecule has 30 heavy (non-hydrogen) atoms. The maximum atomic E-state index is 12.4. The van der Waals surface area contributed by atoms with Gasteiger partial charge in [-0.3, -0.25) is 0 Å². The molecule has 0 amide bonds. The van der Waals surface area contributed by atoms with Gasteiger partial charge >= 0.3 is 6.36 Å². The van der Waals surface area contributed by atoms with E-state index in [1.54, 1.807) is 14.2 Å². The van der Waals surface area contributed by atoms with E-state index in [1.165, 1.54) is 12.1 Å². The lowest BCUT2D eigenvalue weighted by atomic mass is 10.1. The first-order valence-corrected chi connectivity index (χ1v) is 9.09. The number of ether oxygens (including phenoxy) is 3. The molecule has 0 spiro atoms.